The van der Waals surface area contributed by atoms with E-state index in [1.165, 1.54) is 0 Å². The van der Waals surface area contributed by atoms with Crippen molar-refractivity contribution in [2.75, 3.05) is 39.4 Å². The van der Waals surface area contributed by atoms with Gasteiger partial charge in [0.1, 0.15) is 0 Å². The molecule has 1 amide bonds. The van der Waals surface area contributed by atoms with E-state index in [1.807, 2.05) is 37.9 Å². The first-order chi connectivity index (χ1) is 13.3. The molecule has 2 saturated heterocycles. The Morgan fingerprint density at radius 3 is 2.43 bits per heavy atom. The van der Waals surface area contributed by atoms with Crippen LogP contribution in [0, 0.1) is 26.7 Å². The Morgan fingerprint density at radius 2 is 1.79 bits per heavy atom. The molecule has 0 radical (unpaired) electrons. The summed E-state index contributed by atoms with van der Waals surface area (Å²) in [6.45, 7) is 9.18. The Hall–Kier alpha value is -1.48. The maximum Gasteiger partial charge on any atom is 0.243 e. The lowest BCUT2D eigenvalue weighted by atomic mass is 9.96. The van der Waals surface area contributed by atoms with Crippen LogP contribution < -0.4 is 5.43 Å². The number of nitrogens with zero attached hydrogens (tertiary/aromatic N) is 2. The number of carbonyl (C=O) groups excluding carboxylic acids is 1. The van der Waals surface area contributed by atoms with Gasteiger partial charge in [0, 0.05) is 32.6 Å². The number of piperidine rings is 1. The Kier molecular flexibility index (Phi) is 6.75. The van der Waals surface area contributed by atoms with E-state index >= 15 is 0 Å². The van der Waals surface area contributed by atoms with Gasteiger partial charge >= 0.3 is 0 Å². The molecule has 1 aromatic rings. The molecule has 3 rings (SSSR count). The average Bonchev–Trinajstić information content (AvgIpc) is 2.61. The first-order valence-corrected chi connectivity index (χ1v) is 11.4. The normalized spacial score (nSPS) is 22.2. The Labute approximate surface area is 168 Å². The fourth-order valence-corrected chi connectivity index (χ4v) is 6.24. The quantitative estimate of drug-likeness (QED) is 0.802. The van der Waals surface area contributed by atoms with Crippen molar-refractivity contribution >= 4 is 15.9 Å². The minimum absolute atomic E-state index is 0.0376. The highest BCUT2D eigenvalue weighted by molar-refractivity contribution is 7.89. The van der Waals surface area contributed by atoms with Crippen LogP contribution in [0.25, 0.3) is 0 Å². The van der Waals surface area contributed by atoms with Gasteiger partial charge in [-0.25, -0.2) is 13.4 Å². The molecule has 1 unspecified atom stereocenters. The van der Waals surface area contributed by atoms with Crippen LogP contribution in [0.4, 0.5) is 0 Å². The van der Waals surface area contributed by atoms with Crippen LogP contribution in [0.15, 0.2) is 17.0 Å². The van der Waals surface area contributed by atoms with E-state index in [4.69, 9.17) is 4.74 Å². The second-order valence-electron chi connectivity index (χ2n) is 7.94. The predicted octanol–water partition coefficient (Wildman–Crippen LogP) is 1.77. The molecule has 0 bridgehead atoms. The number of rotatable bonds is 5. The van der Waals surface area contributed by atoms with Crippen molar-refractivity contribution in [3.05, 3.63) is 28.8 Å². The Bertz CT molecular complexity index is 796. The number of hydrogen-bond donors (Lipinski definition) is 1. The maximum absolute atomic E-state index is 13.3. The predicted molar refractivity (Wildman–Crippen MR) is 107 cm³/mol. The maximum atomic E-state index is 13.3. The van der Waals surface area contributed by atoms with E-state index in [0.717, 1.165) is 29.5 Å². The molecule has 1 atom stereocenters. The largest absolute Gasteiger partial charge is 0.379 e. The van der Waals surface area contributed by atoms with Gasteiger partial charge in [0.25, 0.3) is 0 Å². The van der Waals surface area contributed by atoms with Crippen LogP contribution in [-0.4, -0.2) is 63.0 Å². The number of morpholine rings is 1. The van der Waals surface area contributed by atoms with Gasteiger partial charge < -0.3 is 4.74 Å². The molecular formula is C20H31N3O4S. The summed E-state index contributed by atoms with van der Waals surface area (Å²) in [5.74, 6) is -0.00975. The van der Waals surface area contributed by atoms with Gasteiger partial charge in [-0.3, -0.25) is 10.2 Å². The van der Waals surface area contributed by atoms with Crippen molar-refractivity contribution in [3.63, 3.8) is 0 Å². The van der Waals surface area contributed by atoms with Crippen molar-refractivity contribution < 1.29 is 17.9 Å². The summed E-state index contributed by atoms with van der Waals surface area (Å²) in [6, 6.07) is 3.83. The van der Waals surface area contributed by atoms with E-state index in [2.05, 4.69) is 5.43 Å². The molecule has 2 aliphatic heterocycles. The summed E-state index contributed by atoms with van der Waals surface area (Å²) in [7, 11) is -3.56. The molecular weight excluding hydrogens is 378 g/mol. The number of amides is 1. The van der Waals surface area contributed by atoms with Gasteiger partial charge in [0.2, 0.25) is 15.9 Å². The number of sulfonamides is 1. The first-order valence-electron chi connectivity index (χ1n) is 9.97. The highest BCUT2D eigenvalue weighted by Crippen LogP contribution is 2.29. The monoisotopic (exact) mass is 409 g/mol. The smallest absolute Gasteiger partial charge is 0.243 e. The van der Waals surface area contributed by atoms with Crippen molar-refractivity contribution in [2.45, 2.75) is 44.9 Å². The third-order valence-electron chi connectivity index (χ3n) is 5.45. The fourth-order valence-electron chi connectivity index (χ4n) is 4.27. The molecule has 0 spiro atoms. The summed E-state index contributed by atoms with van der Waals surface area (Å²) < 4.78 is 33.4. The molecule has 1 aromatic carbocycles. The highest BCUT2D eigenvalue weighted by atomic mass is 32.2. The lowest BCUT2D eigenvalue weighted by Crippen LogP contribution is -2.49. The summed E-state index contributed by atoms with van der Waals surface area (Å²) >= 11 is 0. The number of nitrogens with one attached hydrogen (secondary N) is 1. The van der Waals surface area contributed by atoms with Crippen LogP contribution in [0.2, 0.25) is 0 Å². The number of hydrazine groups is 1. The van der Waals surface area contributed by atoms with E-state index in [9.17, 15) is 13.2 Å². The van der Waals surface area contributed by atoms with Gasteiger partial charge in [-0.15, -0.1) is 0 Å². The number of hydrogen-bond acceptors (Lipinski definition) is 5. The van der Waals surface area contributed by atoms with Gasteiger partial charge in [-0.2, -0.15) is 4.31 Å². The molecule has 156 valence electrons. The van der Waals surface area contributed by atoms with Crippen molar-refractivity contribution in [1.82, 2.24) is 14.7 Å². The topological polar surface area (TPSA) is 79.0 Å². The molecule has 7 nitrogen and oxygen atoms in total. The van der Waals surface area contributed by atoms with Crippen LogP contribution in [0.3, 0.4) is 0 Å². The number of aryl methyl sites for hydroxylation is 3. The SMILES string of the molecule is Cc1cc(C)c(S(=O)(=O)N2CCCC(CC(=O)NN3CCOCC3)C2)c(C)c1. The number of ether oxygens (including phenoxy) is 1. The summed E-state index contributed by atoms with van der Waals surface area (Å²) in [6.07, 6.45) is 1.99. The average molecular weight is 410 g/mol. The summed E-state index contributed by atoms with van der Waals surface area (Å²) in [5.41, 5.74) is 5.55. The summed E-state index contributed by atoms with van der Waals surface area (Å²) in [4.78, 5) is 12.8. The molecule has 0 aliphatic carbocycles. The first kappa shape index (κ1) is 21.2. The molecule has 0 saturated carbocycles. The second-order valence-corrected chi connectivity index (χ2v) is 9.81. The zero-order valence-corrected chi connectivity index (χ0v) is 17.8. The second kappa shape index (κ2) is 8.90. The van der Waals surface area contributed by atoms with Crippen molar-refractivity contribution in [2.24, 2.45) is 5.92 Å². The zero-order valence-electron chi connectivity index (χ0n) is 17.0. The summed E-state index contributed by atoms with van der Waals surface area (Å²) in [5, 5.41) is 1.88. The van der Waals surface area contributed by atoms with Crippen LogP contribution in [-0.2, 0) is 19.6 Å². The Balaban J connectivity index is 1.66. The molecule has 8 heteroatoms. The van der Waals surface area contributed by atoms with Gasteiger partial charge in [-0.05, 0) is 50.7 Å². The number of carbonyl (C=O) groups is 1. The molecule has 28 heavy (non-hydrogen) atoms. The van der Waals surface area contributed by atoms with Gasteiger partial charge in [-0.1, -0.05) is 17.7 Å². The third kappa shape index (κ3) is 4.92. The zero-order chi connectivity index (χ0) is 20.3. The Morgan fingerprint density at radius 1 is 1.14 bits per heavy atom. The van der Waals surface area contributed by atoms with E-state index in [-0.39, 0.29) is 11.8 Å². The minimum atomic E-state index is -3.56. The van der Waals surface area contributed by atoms with E-state index in [1.54, 1.807) is 4.31 Å². The standard InChI is InChI=1S/C20H31N3O4S/c1-15-11-16(2)20(17(3)12-15)28(25,26)23-6-4-5-18(14-23)13-19(24)21-22-7-9-27-10-8-22/h11-12,18H,4-10,13-14H2,1-3H3,(H,21,24). The van der Waals surface area contributed by atoms with Crippen LogP contribution in [0.1, 0.15) is 36.0 Å². The molecule has 2 heterocycles. The number of benzene rings is 1. The lowest BCUT2D eigenvalue weighted by Gasteiger charge is -2.33. The fraction of sp³-hybridized carbons (Fsp3) is 0.650. The van der Waals surface area contributed by atoms with Crippen molar-refractivity contribution in [3.8, 4) is 0 Å². The molecule has 0 aromatic heterocycles. The molecule has 1 N–H and O–H groups in total. The molecule has 2 aliphatic rings. The van der Waals surface area contributed by atoms with Crippen LogP contribution >= 0.6 is 0 Å². The van der Waals surface area contributed by atoms with Gasteiger partial charge in [0.15, 0.2) is 0 Å². The van der Waals surface area contributed by atoms with E-state index in [0.29, 0.717) is 50.7 Å². The van der Waals surface area contributed by atoms with Gasteiger partial charge in [0.05, 0.1) is 18.1 Å². The highest BCUT2D eigenvalue weighted by Gasteiger charge is 2.33. The van der Waals surface area contributed by atoms with Crippen LogP contribution in [0.5, 0.6) is 0 Å². The molecule has 2 fully saturated rings. The minimum Gasteiger partial charge on any atom is -0.379 e. The lowest BCUT2D eigenvalue weighted by molar-refractivity contribution is -0.129. The van der Waals surface area contributed by atoms with Crippen molar-refractivity contribution in [1.29, 1.82) is 0 Å². The third-order valence-corrected chi connectivity index (χ3v) is 7.62. The van der Waals surface area contributed by atoms with E-state index < -0.39 is 10.0 Å².